The Morgan fingerprint density at radius 3 is 2.69 bits per heavy atom. The highest BCUT2D eigenvalue weighted by atomic mass is 35.5. The SMILES string of the molecule is C=CCOC(=O)N[C@@H]1CN(/C(=N\C#N)Nc2ccc(Cl)c(OC(F)F)c2)N=C1c1ccc(Cl)c(Cl)c1. The number of anilines is 1. The molecule has 1 heterocycles. The molecule has 1 atom stereocenters. The van der Waals surface area contributed by atoms with Crippen molar-refractivity contribution in [1.82, 2.24) is 10.3 Å². The van der Waals surface area contributed by atoms with E-state index >= 15 is 0 Å². The number of alkyl halides is 2. The van der Waals surface area contributed by atoms with E-state index in [4.69, 9.17) is 39.5 Å². The lowest BCUT2D eigenvalue weighted by Crippen LogP contribution is -2.44. The Bertz CT molecular complexity index is 1250. The first-order valence-corrected chi connectivity index (χ1v) is 11.2. The third-order valence-corrected chi connectivity index (χ3v) is 5.61. The molecule has 14 heteroatoms. The minimum absolute atomic E-state index is 0.0101. The molecule has 0 aliphatic carbocycles. The van der Waals surface area contributed by atoms with Gasteiger partial charge in [0.15, 0.2) is 0 Å². The maximum atomic E-state index is 12.7. The van der Waals surface area contributed by atoms with Gasteiger partial charge >= 0.3 is 12.7 Å². The number of carbonyl (C=O) groups is 1. The molecule has 2 aromatic rings. The van der Waals surface area contributed by atoms with Gasteiger partial charge in [-0.2, -0.15) is 19.1 Å². The molecule has 0 radical (unpaired) electrons. The molecule has 1 aliphatic heterocycles. The number of hydrogen-bond acceptors (Lipinski definition) is 6. The van der Waals surface area contributed by atoms with Crippen LogP contribution in [0.4, 0.5) is 19.3 Å². The molecule has 3 rings (SSSR count). The number of nitriles is 1. The lowest BCUT2D eigenvalue weighted by atomic mass is 10.0. The zero-order chi connectivity index (χ0) is 26.2. The van der Waals surface area contributed by atoms with Gasteiger partial charge in [-0.25, -0.2) is 9.80 Å². The van der Waals surface area contributed by atoms with Crippen molar-refractivity contribution >= 4 is 58.3 Å². The largest absolute Gasteiger partial charge is 0.445 e. The molecule has 0 bridgehead atoms. The summed E-state index contributed by atoms with van der Waals surface area (Å²) in [5, 5.41) is 21.1. The molecule has 0 aromatic heterocycles. The summed E-state index contributed by atoms with van der Waals surface area (Å²) in [6.07, 6.45) is 2.34. The fraction of sp³-hybridized carbons (Fsp3) is 0.182. The molecule has 0 fully saturated rings. The van der Waals surface area contributed by atoms with Gasteiger partial charge in [0, 0.05) is 17.3 Å². The first-order chi connectivity index (χ1) is 17.2. The van der Waals surface area contributed by atoms with E-state index in [1.54, 1.807) is 24.4 Å². The number of guanidine groups is 1. The minimum atomic E-state index is -3.09. The fourth-order valence-corrected chi connectivity index (χ4v) is 3.53. The van der Waals surface area contributed by atoms with Crippen molar-refractivity contribution < 1.29 is 23.0 Å². The van der Waals surface area contributed by atoms with Crippen LogP contribution in [0.2, 0.25) is 15.1 Å². The van der Waals surface area contributed by atoms with Crippen molar-refractivity contribution in [3.05, 3.63) is 69.7 Å². The highest BCUT2D eigenvalue weighted by molar-refractivity contribution is 6.42. The number of hydrazone groups is 1. The number of nitrogens with zero attached hydrogens (tertiary/aromatic N) is 4. The number of ether oxygens (including phenoxy) is 2. The van der Waals surface area contributed by atoms with Gasteiger partial charge in [0.2, 0.25) is 12.2 Å². The number of amides is 1. The van der Waals surface area contributed by atoms with Crippen LogP contribution in [-0.2, 0) is 4.74 Å². The van der Waals surface area contributed by atoms with E-state index in [9.17, 15) is 18.8 Å². The maximum absolute atomic E-state index is 12.7. The van der Waals surface area contributed by atoms with Gasteiger partial charge in [-0.15, -0.1) is 4.99 Å². The van der Waals surface area contributed by atoms with Gasteiger partial charge in [0.25, 0.3) is 0 Å². The lowest BCUT2D eigenvalue weighted by Gasteiger charge is -2.19. The minimum Gasteiger partial charge on any atom is -0.445 e. The van der Waals surface area contributed by atoms with Crippen molar-refractivity contribution in [2.45, 2.75) is 12.7 Å². The number of carbonyl (C=O) groups excluding carboxylic acids is 1. The van der Waals surface area contributed by atoms with E-state index < -0.39 is 18.7 Å². The van der Waals surface area contributed by atoms with Gasteiger partial charge in [-0.3, -0.25) is 0 Å². The quantitative estimate of drug-likeness (QED) is 0.201. The molecule has 1 aliphatic rings. The second-order valence-electron chi connectivity index (χ2n) is 6.96. The summed E-state index contributed by atoms with van der Waals surface area (Å²) in [6.45, 7) is 0.420. The van der Waals surface area contributed by atoms with Crippen LogP contribution in [0.25, 0.3) is 0 Å². The maximum Gasteiger partial charge on any atom is 0.408 e. The summed E-state index contributed by atoms with van der Waals surface area (Å²) in [5.74, 6) is -0.344. The summed E-state index contributed by atoms with van der Waals surface area (Å²) >= 11 is 18.1. The Hall–Kier alpha value is -3.59. The average Bonchev–Trinajstić information content (AvgIpc) is 3.24. The fourth-order valence-electron chi connectivity index (χ4n) is 3.07. The van der Waals surface area contributed by atoms with E-state index in [1.165, 1.54) is 29.3 Å². The number of nitrogens with one attached hydrogen (secondary N) is 2. The second kappa shape index (κ2) is 12.4. The molecule has 0 unspecified atom stereocenters. The first kappa shape index (κ1) is 27.0. The van der Waals surface area contributed by atoms with E-state index in [0.29, 0.717) is 16.3 Å². The molecule has 2 N–H and O–H groups in total. The normalized spacial score (nSPS) is 15.2. The number of benzene rings is 2. The molecule has 9 nitrogen and oxygen atoms in total. The van der Waals surface area contributed by atoms with Crippen LogP contribution in [-0.4, -0.2) is 48.6 Å². The van der Waals surface area contributed by atoms with E-state index in [1.807, 2.05) is 0 Å². The standard InChI is InChI=1S/C22H17Cl3F2N6O3/c1-2-7-35-22(34)31-17-10-33(32-19(17)12-3-5-14(23)16(25)8-12)21(29-11-28)30-13-4-6-15(24)18(9-13)36-20(26)27/h2-6,8-9,17,20H,1,7,10H2,(H,29,30)(H,31,34)/t17-/m1/s1. The predicted octanol–water partition coefficient (Wildman–Crippen LogP) is 5.50. The molecule has 1 amide bonds. The van der Waals surface area contributed by atoms with Gasteiger partial charge < -0.3 is 20.1 Å². The molecule has 188 valence electrons. The Morgan fingerprint density at radius 1 is 1.28 bits per heavy atom. The summed E-state index contributed by atoms with van der Waals surface area (Å²) < 4.78 is 34.8. The third kappa shape index (κ3) is 6.97. The van der Waals surface area contributed by atoms with E-state index in [2.05, 4.69) is 32.0 Å². The molecule has 2 aromatic carbocycles. The summed E-state index contributed by atoms with van der Waals surface area (Å²) in [4.78, 5) is 16.0. The van der Waals surface area contributed by atoms with Gasteiger partial charge in [-0.05, 0) is 24.3 Å². The van der Waals surface area contributed by atoms with Crippen LogP contribution in [0.5, 0.6) is 5.75 Å². The molecular weight excluding hydrogens is 541 g/mol. The first-order valence-electron chi connectivity index (χ1n) is 10.1. The van der Waals surface area contributed by atoms with Crippen molar-refractivity contribution in [3.63, 3.8) is 0 Å². The van der Waals surface area contributed by atoms with E-state index in [-0.39, 0.29) is 40.6 Å². The molecule has 0 saturated heterocycles. The molecule has 0 saturated carbocycles. The Labute approximate surface area is 219 Å². The van der Waals surface area contributed by atoms with Crippen LogP contribution in [0.3, 0.4) is 0 Å². The number of halogens is 5. The van der Waals surface area contributed by atoms with Crippen LogP contribution in [0.15, 0.2) is 59.1 Å². The van der Waals surface area contributed by atoms with Crippen LogP contribution >= 0.6 is 34.8 Å². The Kier molecular flexibility index (Phi) is 9.30. The van der Waals surface area contributed by atoms with Gasteiger partial charge in [0.1, 0.15) is 12.4 Å². The zero-order valence-corrected chi connectivity index (χ0v) is 20.5. The second-order valence-corrected chi connectivity index (χ2v) is 8.19. The average molecular weight is 558 g/mol. The molecule has 36 heavy (non-hydrogen) atoms. The number of aliphatic imine (C=N–C) groups is 1. The predicted molar refractivity (Wildman–Crippen MR) is 133 cm³/mol. The van der Waals surface area contributed by atoms with Gasteiger partial charge in [-0.1, -0.05) is 53.5 Å². The summed E-state index contributed by atoms with van der Waals surface area (Å²) in [7, 11) is 0. The summed E-state index contributed by atoms with van der Waals surface area (Å²) in [5.41, 5.74) is 1.14. The highest BCUT2D eigenvalue weighted by Gasteiger charge is 2.32. The molecule has 0 spiro atoms. The van der Waals surface area contributed by atoms with Gasteiger partial charge in [0.05, 0.1) is 33.4 Å². The lowest BCUT2D eigenvalue weighted by molar-refractivity contribution is -0.0497. The van der Waals surface area contributed by atoms with Crippen LogP contribution in [0.1, 0.15) is 5.56 Å². The van der Waals surface area contributed by atoms with Crippen LogP contribution < -0.4 is 15.4 Å². The Morgan fingerprint density at radius 2 is 2.03 bits per heavy atom. The van der Waals surface area contributed by atoms with Crippen LogP contribution in [0, 0.1) is 11.5 Å². The van der Waals surface area contributed by atoms with E-state index in [0.717, 1.165) is 0 Å². The van der Waals surface area contributed by atoms with Crippen molar-refractivity contribution in [2.24, 2.45) is 10.1 Å². The number of alkyl carbamates (subject to hydrolysis) is 1. The number of hydrogen-bond donors (Lipinski definition) is 2. The number of rotatable bonds is 7. The summed E-state index contributed by atoms with van der Waals surface area (Å²) in [6, 6.07) is 8.09. The van der Waals surface area contributed by atoms with Crippen molar-refractivity contribution in [1.29, 1.82) is 5.26 Å². The van der Waals surface area contributed by atoms with Crippen molar-refractivity contribution in [2.75, 3.05) is 18.5 Å². The topological polar surface area (TPSA) is 111 Å². The van der Waals surface area contributed by atoms with Crippen molar-refractivity contribution in [3.8, 4) is 11.9 Å². The molecular formula is C22H17Cl3F2N6O3. The Balaban J connectivity index is 1.92. The monoisotopic (exact) mass is 556 g/mol. The smallest absolute Gasteiger partial charge is 0.408 e. The highest BCUT2D eigenvalue weighted by Crippen LogP contribution is 2.30. The third-order valence-electron chi connectivity index (χ3n) is 4.56. The zero-order valence-electron chi connectivity index (χ0n) is 18.2.